The van der Waals surface area contributed by atoms with Crippen molar-refractivity contribution in [2.75, 3.05) is 5.32 Å². The highest BCUT2D eigenvalue weighted by atomic mass is 32.1. The van der Waals surface area contributed by atoms with Crippen molar-refractivity contribution in [2.45, 2.75) is 26.2 Å². The predicted molar refractivity (Wildman–Crippen MR) is 88.0 cm³/mol. The Labute approximate surface area is 123 Å². The normalized spacial score (nSPS) is 11.8. The van der Waals surface area contributed by atoms with Crippen molar-refractivity contribution in [1.82, 2.24) is 4.98 Å². The molecule has 3 heteroatoms. The minimum atomic E-state index is 0.158. The van der Waals surface area contributed by atoms with Crippen molar-refractivity contribution in [3.05, 3.63) is 54.1 Å². The number of hydrogen-bond acceptors (Lipinski definition) is 3. The zero-order chi connectivity index (χ0) is 14.2. The molecule has 20 heavy (non-hydrogen) atoms. The smallest absolute Gasteiger partial charge is 0.188 e. The van der Waals surface area contributed by atoms with Crippen LogP contribution in [0, 0.1) is 0 Å². The molecule has 0 bridgehead atoms. The van der Waals surface area contributed by atoms with Gasteiger partial charge in [-0.1, -0.05) is 56.4 Å². The number of rotatable bonds is 2. The average Bonchev–Trinajstić information content (AvgIpc) is 2.80. The van der Waals surface area contributed by atoms with Gasteiger partial charge in [-0.15, -0.1) is 0 Å². The minimum absolute atomic E-state index is 0.158. The summed E-state index contributed by atoms with van der Waals surface area (Å²) in [5.41, 5.74) is 3.62. The number of nitrogens with one attached hydrogen (secondary N) is 1. The Balaban J connectivity index is 1.95. The van der Waals surface area contributed by atoms with Crippen molar-refractivity contribution < 1.29 is 0 Å². The van der Waals surface area contributed by atoms with Gasteiger partial charge in [-0.25, -0.2) is 4.98 Å². The van der Waals surface area contributed by atoms with E-state index in [2.05, 4.69) is 49.3 Å². The Kier molecular flexibility index (Phi) is 3.22. The Morgan fingerprint density at radius 3 is 2.45 bits per heavy atom. The maximum absolute atomic E-state index is 4.69. The highest BCUT2D eigenvalue weighted by molar-refractivity contribution is 7.22. The Morgan fingerprint density at radius 2 is 1.75 bits per heavy atom. The van der Waals surface area contributed by atoms with Gasteiger partial charge in [0.05, 0.1) is 10.2 Å². The molecule has 0 fully saturated rings. The molecule has 0 unspecified atom stereocenters. The number of fused-ring (bicyclic) bond motifs is 1. The standard InChI is InChI=1S/C17H18N2S/c1-17(2,3)12-9-10-15-14(11-12)19-16(20-15)18-13-7-5-4-6-8-13/h4-11H,1-3H3,(H,18,19). The summed E-state index contributed by atoms with van der Waals surface area (Å²) in [6, 6.07) is 16.7. The largest absolute Gasteiger partial charge is 0.332 e. The third-order valence-corrected chi connectivity index (χ3v) is 4.23. The van der Waals surface area contributed by atoms with E-state index in [0.717, 1.165) is 16.3 Å². The SMILES string of the molecule is CC(C)(C)c1ccc2sc(Nc3ccccc3)nc2c1. The molecule has 0 spiro atoms. The Hall–Kier alpha value is -1.87. The molecule has 3 aromatic rings. The van der Waals surface area contributed by atoms with Gasteiger partial charge in [0.25, 0.3) is 0 Å². The van der Waals surface area contributed by atoms with E-state index < -0.39 is 0 Å². The van der Waals surface area contributed by atoms with Gasteiger partial charge in [-0.05, 0) is 35.2 Å². The molecule has 0 aliphatic heterocycles. The molecule has 3 rings (SSSR count). The molecule has 1 N–H and O–H groups in total. The first kappa shape index (κ1) is 13.1. The highest BCUT2D eigenvalue weighted by Gasteiger charge is 2.15. The molecule has 0 aliphatic rings. The van der Waals surface area contributed by atoms with Crippen LogP contribution in [0.1, 0.15) is 26.3 Å². The second kappa shape index (κ2) is 4.91. The number of aromatic nitrogens is 1. The molecule has 0 aliphatic carbocycles. The lowest BCUT2D eigenvalue weighted by atomic mass is 9.87. The zero-order valence-corrected chi connectivity index (χ0v) is 12.8. The summed E-state index contributed by atoms with van der Waals surface area (Å²) in [6.07, 6.45) is 0. The van der Waals surface area contributed by atoms with E-state index in [1.165, 1.54) is 10.3 Å². The molecule has 0 radical (unpaired) electrons. The van der Waals surface area contributed by atoms with E-state index in [-0.39, 0.29) is 5.41 Å². The van der Waals surface area contributed by atoms with Gasteiger partial charge >= 0.3 is 0 Å². The predicted octanol–water partition coefficient (Wildman–Crippen LogP) is 5.34. The summed E-state index contributed by atoms with van der Waals surface area (Å²) in [5.74, 6) is 0. The fraction of sp³-hybridized carbons (Fsp3) is 0.235. The Bertz CT molecular complexity index is 724. The number of thiazole rings is 1. The van der Waals surface area contributed by atoms with Crippen LogP contribution < -0.4 is 5.32 Å². The van der Waals surface area contributed by atoms with Crippen molar-refractivity contribution in [3.63, 3.8) is 0 Å². The van der Waals surface area contributed by atoms with Crippen LogP contribution in [-0.2, 0) is 5.41 Å². The maximum atomic E-state index is 4.69. The van der Waals surface area contributed by atoms with Crippen LogP contribution >= 0.6 is 11.3 Å². The van der Waals surface area contributed by atoms with Crippen molar-refractivity contribution in [1.29, 1.82) is 0 Å². The monoisotopic (exact) mass is 282 g/mol. The first-order valence-electron chi connectivity index (χ1n) is 6.75. The summed E-state index contributed by atoms with van der Waals surface area (Å²) in [5, 5.41) is 4.30. The lowest BCUT2D eigenvalue weighted by molar-refractivity contribution is 0.591. The third-order valence-electron chi connectivity index (χ3n) is 3.28. The lowest BCUT2D eigenvalue weighted by Gasteiger charge is -2.18. The molecule has 1 aromatic heterocycles. The van der Waals surface area contributed by atoms with Crippen LogP contribution in [0.5, 0.6) is 0 Å². The summed E-state index contributed by atoms with van der Waals surface area (Å²) < 4.78 is 1.22. The fourth-order valence-electron chi connectivity index (χ4n) is 2.09. The molecule has 0 saturated carbocycles. The summed E-state index contributed by atoms with van der Waals surface area (Å²) >= 11 is 1.69. The van der Waals surface area contributed by atoms with Crippen LogP contribution in [-0.4, -0.2) is 4.98 Å². The van der Waals surface area contributed by atoms with Crippen LogP contribution in [0.4, 0.5) is 10.8 Å². The van der Waals surface area contributed by atoms with Crippen LogP contribution in [0.25, 0.3) is 10.2 Å². The molecule has 102 valence electrons. The number of benzene rings is 2. The topological polar surface area (TPSA) is 24.9 Å². The lowest BCUT2D eigenvalue weighted by Crippen LogP contribution is -2.10. The highest BCUT2D eigenvalue weighted by Crippen LogP contribution is 2.31. The van der Waals surface area contributed by atoms with E-state index in [0.29, 0.717) is 0 Å². The van der Waals surface area contributed by atoms with Crippen molar-refractivity contribution in [2.24, 2.45) is 0 Å². The zero-order valence-electron chi connectivity index (χ0n) is 12.0. The van der Waals surface area contributed by atoms with Gasteiger partial charge in [0.1, 0.15) is 0 Å². The third kappa shape index (κ3) is 2.68. The minimum Gasteiger partial charge on any atom is -0.332 e. The van der Waals surface area contributed by atoms with E-state index in [1.807, 2.05) is 30.3 Å². The van der Waals surface area contributed by atoms with E-state index >= 15 is 0 Å². The molecule has 0 saturated heterocycles. The summed E-state index contributed by atoms with van der Waals surface area (Å²) in [6.45, 7) is 6.68. The fourth-order valence-corrected chi connectivity index (χ4v) is 2.96. The first-order chi connectivity index (χ1) is 9.52. The maximum Gasteiger partial charge on any atom is 0.188 e. The number of hydrogen-bond donors (Lipinski definition) is 1. The van der Waals surface area contributed by atoms with Crippen LogP contribution in [0.2, 0.25) is 0 Å². The van der Waals surface area contributed by atoms with Gasteiger partial charge < -0.3 is 5.32 Å². The molecule has 2 nitrogen and oxygen atoms in total. The second-order valence-electron chi connectivity index (χ2n) is 5.94. The van der Waals surface area contributed by atoms with Gasteiger partial charge in [0, 0.05) is 5.69 Å². The first-order valence-corrected chi connectivity index (χ1v) is 7.57. The van der Waals surface area contributed by atoms with Crippen LogP contribution in [0.3, 0.4) is 0 Å². The second-order valence-corrected chi connectivity index (χ2v) is 6.97. The van der Waals surface area contributed by atoms with E-state index in [9.17, 15) is 0 Å². The van der Waals surface area contributed by atoms with Gasteiger partial charge in [0.2, 0.25) is 0 Å². The number of nitrogens with zero attached hydrogens (tertiary/aromatic N) is 1. The van der Waals surface area contributed by atoms with Crippen molar-refractivity contribution >= 4 is 32.4 Å². The molecule has 0 amide bonds. The molecule has 2 aromatic carbocycles. The molecule has 0 atom stereocenters. The number of para-hydroxylation sites is 1. The molecular formula is C17H18N2S. The number of anilines is 2. The van der Waals surface area contributed by atoms with Gasteiger partial charge in [-0.2, -0.15) is 0 Å². The van der Waals surface area contributed by atoms with Gasteiger partial charge in [0.15, 0.2) is 5.13 Å². The Morgan fingerprint density at radius 1 is 1.00 bits per heavy atom. The summed E-state index contributed by atoms with van der Waals surface area (Å²) in [7, 11) is 0. The van der Waals surface area contributed by atoms with Gasteiger partial charge in [-0.3, -0.25) is 0 Å². The van der Waals surface area contributed by atoms with Crippen LogP contribution in [0.15, 0.2) is 48.5 Å². The average molecular weight is 282 g/mol. The summed E-state index contributed by atoms with van der Waals surface area (Å²) in [4.78, 5) is 4.69. The van der Waals surface area contributed by atoms with E-state index in [4.69, 9.17) is 0 Å². The molecule has 1 heterocycles. The van der Waals surface area contributed by atoms with E-state index in [1.54, 1.807) is 11.3 Å². The van der Waals surface area contributed by atoms with Crippen molar-refractivity contribution in [3.8, 4) is 0 Å². The quantitative estimate of drug-likeness (QED) is 0.686. The molecular weight excluding hydrogens is 264 g/mol.